The lowest BCUT2D eigenvalue weighted by molar-refractivity contribution is -0.0582. The third kappa shape index (κ3) is 2.12. The van der Waals surface area contributed by atoms with E-state index in [1.54, 1.807) is 5.57 Å². The summed E-state index contributed by atoms with van der Waals surface area (Å²) in [5, 5.41) is 0. The van der Waals surface area contributed by atoms with Crippen LogP contribution in [0.15, 0.2) is 36.4 Å². The van der Waals surface area contributed by atoms with E-state index in [4.69, 9.17) is 0 Å². The fraction of sp³-hybridized carbons (Fsp3) is 0.696. The predicted octanol–water partition coefficient (Wildman–Crippen LogP) is 5.93. The van der Waals surface area contributed by atoms with Crippen LogP contribution in [0.1, 0.15) is 65.7 Å². The Morgan fingerprint density at radius 1 is 1.08 bits per heavy atom. The molecule has 1 aromatic heterocycles. The highest BCUT2D eigenvalue weighted by atomic mass is 15.0. The Morgan fingerprint density at radius 3 is 2.76 bits per heavy atom. The minimum Gasteiger partial charge on any atom is -0.309 e. The van der Waals surface area contributed by atoms with E-state index in [9.17, 15) is 0 Å². The van der Waals surface area contributed by atoms with Crippen LogP contribution in [0.2, 0.25) is 0 Å². The number of rotatable bonds is 1. The number of aromatic nitrogens is 2. The van der Waals surface area contributed by atoms with Crippen LogP contribution in [-0.4, -0.2) is 9.55 Å². The van der Waals surface area contributed by atoms with Crippen LogP contribution in [0, 0.1) is 34.5 Å². The molecule has 0 aliphatic heterocycles. The van der Waals surface area contributed by atoms with Crippen molar-refractivity contribution >= 4 is 5.70 Å². The maximum atomic E-state index is 4.29. The first kappa shape index (κ1) is 15.9. The summed E-state index contributed by atoms with van der Waals surface area (Å²) < 4.78 is 2.25. The second-order valence-electron chi connectivity index (χ2n) is 9.89. The van der Waals surface area contributed by atoms with Crippen LogP contribution in [0.5, 0.6) is 0 Å². The van der Waals surface area contributed by atoms with Gasteiger partial charge in [-0.15, -0.1) is 0 Å². The van der Waals surface area contributed by atoms with Gasteiger partial charge in [-0.2, -0.15) is 0 Å². The van der Waals surface area contributed by atoms with Crippen molar-refractivity contribution in [2.75, 3.05) is 0 Å². The van der Waals surface area contributed by atoms with Crippen LogP contribution < -0.4 is 0 Å². The molecule has 5 rings (SSSR count). The molecule has 0 bridgehead atoms. The van der Waals surface area contributed by atoms with E-state index in [0.717, 1.165) is 23.7 Å². The molecule has 0 radical (unpaired) electrons. The third-order valence-electron chi connectivity index (χ3n) is 8.71. The van der Waals surface area contributed by atoms with Crippen molar-refractivity contribution in [1.29, 1.82) is 0 Å². The Bertz CT molecular complexity index is 727. The van der Waals surface area contributed by atoms with Crippen molar-refractivity contribution in [2.24, 2.45) is 34.5 Å². The molecule has 2 heteroatoms. The van der Waals surface area contributed by atoms with Gasteiger partial charge in [-0.1, -0.05) is 38.8 Å². The van der Waals surface area contributed by atoms with Crippen molar-refractivity contribution in [3.8, 4) is 0 Å². The summed E-state index contributed by atoms with van der Waals surface area (Å²) in [6, 6.07) is 0. The Hall–Kier alpha value is -1.31. The average Bonchev–Trinajstić information content (AvgIpc) is 3.22. The zero-order valence-corrected chi connectivity index (χ0v) is 16.0. The van der Waals surface area contributed by atoms with Crippen LogP contribution in [0.3, 0.4) is 0 Å². The van der Waals surface area contributed by atoms with Gasteiger partial charge < -0.3 is 4.57 Å². The smallest absolute Gasteiger partial charge is 0.0989 e. The zero-order valence-electron chi connectivity index (χ0n) is 16.0. The van der Waals surface area contributed by atoms with Gasteiger partial charge in [-0.25, -0.2) is 4.98 Å². The van der Waals surface area contributed by atoms with Gasteiger partial charge in [0.15, 0.2) is 0 Å². The first-order valence-corrected chi connectivity index (χ1v) is 10.4. The highest BCUT2D eigenvalue weighted by Gasteiger charge is 2.56. The first-order chi connectivity index (χ1) is 12.0. The van der Waals surface area contributed by atoms with Crippen molar-refractivity contribution in [2.45, 2.75) is 65.7 Å². The SMILES string of the molecule is C[C@H]1CC[C@@]2(C)[C@@H](CC[C@H]3C4=CC=C(n5ccnc5)[C@@]4(C)CC[C@@H]32)C1. The number of allylic oxidation sites excluding steroid dienone is 4. The van der Waals surface area contributed by atoms with Crippen molar-refractivity contribution in [3.05, 3.63) is 36.4 Å². The maximum Gasteiger partial charge on any atom is 0.0989 e. The molecule has 2 nitrogen and oxygen atoms in total. The highest BCUT2D eigenvalue weighted by molar-refractivity contribution is 5.66. The van der Waals surface area contributed by atoms with Crippen LogP contribution in [-0.2, 0) is 0 Å². The molecule has 0 spiro atoms. The van der Waals surface area contributed by atoms with Gasteiger partial charge in [0.25, 0.3) is 0 Å². The molecule has 4 aliphatic rings. The summed E-state index contributed by atoms with van der Waals surface area (Å²) in [7, 11) is 0. The molecule has 0 unspecified atom stereocenters. The molecule has 0 aromatic carbocycles. The van der Waals surface area contributed by atoms with Crippen molar-refractivity contribution in [1.82, 2.24) is 9.55 Å². The molecule has 134 valence electrons. The summed E-state index contributed by atoms with van der Waals surface area (Å²) >= 11 is 0. The molecular weight excluding hydrogens is 304 g/mol. The van der Waals surface area contributed by atoms with Gasteiger partial charge >= 0.3 is 0 Å². The van der Waals surface area contributed by atoms with Gasteiger partial charge in [0.2, 0.25) is 0 Å². The van der Waals surface area contributed by atoms with E-state index in [0.29, 0.717) is 5.41 Å². The fourth-order valence-corrected chi connectivity index (χ4v) is 7.22. The van der Waals surface area contributed by atoms with E-state index in [1.807, 2.05) is 12.5 Å². The molecule has 3 fully saturated rings. The molecule has 1 heterocycles. The first-order valence-electron chi connectivity index (χ1n) is 10.4. The number of imidazole rings is 1. The average molecular weight is 337 g/mol. The molecule has 1 aromatic rings. The topological polar surface area (TPSA) is 17.8 Å². The van der Waals surface area contributed by atoms with E-state index in [2.05, 4.69) is 48.7 Å². The molecule has 0 amide bonds. The summed E-state index contributed by atoms with van der Waals surface area (Å²) in [5.41, 5.74) is 4.01. The summed E-state index contributed by atoms with van der Waals surface area (Å²) in [5.74, 6) is 3.65. The minimum absolute atomic E-state index is 0.229. The van der Waals surface area contributed by atoms with Crippen molar-refractivity contribution in [3.63, 3.8) is 0 Å². The number of hydrogen-bond donors (Lipinski definition) is 0. The van der Waals surface area contributed by atoms with Gasteiger partial charge in [0.05, 0.1) is 6.33 Å². The van der Waals surface area contributed by atoms with Crippen molar-refractivity contribution < 1.29 is 0 Å². The van der Waals surface area contributed by atoms with Crippen LogP contribution in [0.4, 0.5) is 0 Å². The monoisotopic (exact) mass is 336 g/mol. The molecule has 3 saturated carbocycles. The second-order valence-corrected chi connectivity index (χ2v) is 9.89. The van der Waals surface area contributed by atoms with Gasteiger partial charge in [0, 0.05) is 23.5 Å². The number of fused-ring (bicyclic) bond motifs is 5. The maximum absolute atomic E-state index is 4.29. The lowest BCUT2D eigenvalue weighted by Gasteiger charge is -2.59. The Morgan fingerprint density at radius 2 is 1.96 bits per heavy atom. The Kier molecular flexibility index (Phi) is 3.40. The number of hydrogen-bond acceptors (Lipinski definition) is 1. The normalized spacial score (nSPS) is 45.9. The lowest BCUT2D eigenvalue weighted by atomic mass is 9.46. The van der Waals surface area contributed by atoms with Gasteiger partial charge in [0.1, 0.15) is 0 Å². The van der Waals surface area contributed by atoms with Gasteiger partial charge in [-0.3, -0.25) is 0 Å². The molecule has 25 heavy (non-hydrogen) atoms. The summed E-state index contributed by atoms with van der Waals surface area (Å²) in [6.07, 6.45) is 20.8. The molecule has 6 atom stereocenters. The Labute approximate surface area is 152 Å². The van der Waals surface area contributed by atoms with Gasteiger partial charge in [-0.05, 0) is 73.7 Å². The minimum atomic E-state index is 0.229. The quantitative estimate of drug-likeness (QED) is 0.621. The molecule has 0 N–H and O–H groups in total. The van der Waals surface area contributed by atoms with E-state index >= 15 is 0 Å². The fourth-order valence-electron chi connectivity index (χ4n) is 7.22. The summed E-state index contributed by atoms with van der Waals surface area (Å²) in [6.45, 7) is 7.62. The second kappa shape index (κ2) is 5.34. The van der Waals surface area contributed by atoms with E-state index in [1.165, 1.54) is 50.6 Å². The third-order valence-corrected chi connectivity index (χ3v) is 8.71. The molecule has 0 saturated heterocycles. The lowest BCUT2D eigenvalue weighted by Crippen LogP contribution is -2.50. The van der Waals surface area contributed by atoms with E-state index in [-0.39, 0.29) is 5.41 Å². The van der Waals surface area contributed by atoms with Crippen LogP contribution >= 0.6 is 0 Å². The largest absolute Gasteiger partial charge is 0.309 e. The zero-order chi connectivity index (χ0) is 17.2. The standard InChI is InChI=1S/C23H32N2/c1-16-8-10-22(2)17(14-16)4-5-18-19-6-7-21(25-13-12-24-15-25)23(19,3)11-9-20(18)22/h6-7,12-13,15-18,20H,4-5,8-11,14H2,1-3H3/t16-,17-,18-,20-,22-,23-/m0/s1. The van der Waals surface area contributed by atoms with Crippen LogP contribution in [0.25, 0.3) is 5.70 Å². The number of nitrogens with zero attached hydrogens (tertiary/aromatic N) is 2. The molecule has 4 aliphatic carbocycles. The van der Waals surface area contributed by atoms with E-state index < -0.39 is 0 Å². The predicted molar refractivity (Wildman–Crippen MR) is 103 cm³/mol. The highest BCUT2D eigenvalue weighted by Crippen LogP contribution is 2.65. The Balaban J connectivity index is 1.46. The molecular formula is C23H32N2. The summed E-state index contributed by atoms with van der Waals surface area (Å²) in [4.78, 5) is 4.29.